The predicted molar refractivity (Wildman–Crippen MR) is 82.6 cm³/mol. The summed E-state index contributed by atoms with van der Waals surface area (Å²) in [4.78, 5) is 4.45. The molecule has 0 radical (unpaired) electrons. The van der Waals surface area contributed by atoms with Crippen molar-refractivity contribution in [3.63, 3.8) is 0 Å². The Morgan fingerprint density at radius 3 is 2.55 bits per heavy atom. The Balaban J connectivity index is 1.79. The molecule has 0 unspecified atom stereocenters. The van der Waals surface area contributed by atoms with Gasteiger partial charge in [0, 0.05) is 25.1 Å². The van der Waals surface area contributed by atoms with Gasteiger partial charge in [0.1, 0.15) is 12.0 Å². The summed E-state index contributed by atoms with van der Waals surface area (Å²) in [6, 6.07) is 6.41. The number of nitrogens with one attached hydrogen (secondary N) is 1. The van der Waals surface area contributed by atoms with Crippen molar-refractivity contribution in [3.05, 3.63) is 36.4 Å². The van der Waals surface area contributed by atoms with Gasteiger partial charge in [-0.1, -0.05) is 12.1 Å². The first-order valence-electron chi connectivity index (χ1n) is 7.24. The predicted octanol–water partition coefficient (Wildman–Crippen LogP) is 1.67. The number of benzene rings is 1. The maximum atomic E-state index is 12.4. The molecule has 1 aliphatic rings. The number of sulfonamides is 1. The van der Waals surface area contributed by atoms with Gasteiger partial charge in [-0.15, -0.1) is 0 Å². The van der Waals surface area contributed by atoms with Crippen LogP contribution in [0.4, 0.5) is 0 Å². The average Bonchev–Trinajstić information content (AvgIpc) is 3.26. The van der Waals surface area contributed by atoms with E-state index in [4.69, 9.17) is 10.2 Å². The van der Waals surface area contributed by atoms with E-state index in [-0.39, 0.29) is 10.9 Å². The van der Waals surface area contributed by atoms with Crippen LogP contribution in [-0.2, 0) is 10.0 Å². The molecule has 0 saturated heterocycles. The van der Waals surface area contributed by atoms with Gasteiger partial charge in [-0.3, -0.25) is 0 Å². The Labute approximate surface area is 129 Å². The molecule has 1 saturated carbocycles. The summed E-state index contributed by atoms with van der Waals surface area (Å²) in [6.07, 6.45) is 3.62. The molecule has 1 heterocycles. The van der Waals surface area contributed by atoms with E-state index in [0.29, 0.717) is 24.0 Å². The van der Waals surface area contributed by atoms with Crippen LogP contribution in [0.3, 0.4) is 0 Å². The lowest BCUT2D eigenvalue weighted by atomic mass is 10.2. The van der Waals surface area contributed by atoms with Crippen molar-refractivity contribution in [2.24, 2.45) is 11.7 Å². The van der Waals surface area contributed by atoms with Gasteiger partial charge in [0.25, 0.3) is 0 Å². The molecule has 3 N–H and O–H groups in total. The van der Waals surface area contributed by atoms with Gasteiger partial charge >= 0.3 is 0 Å². The van der Waals surface area contributed by atoms with E-state index in [2.05, 4.69) is 9.71 Å². The molecule has 7 heteroatoms. The van der Waals surface area contributed by atoms with Crippen molar-refractivity contribution in [2.75, 3.05) is 6.54 Å². The summed E-state index contributed by atoms with van der Waals surface area (Å²) in [7, 11) is -3.54. The molecule has 6 nitrogen and oxygen atoms in total. The number of nitrogens with zero attached hydrogens (tertiary/aromatic N) is 1. The zero-order valence-corrected chi connectivity index (χ0v) is 13.1. The Kier molecular flexibility index (Phi) is 4.03. The molecule has 0 amide bonds. The lowest BCUT2D eigenvalue weighted by Crippen LogP contribution is -2.41. The number of rotatable bonds is 6. The van der Waals surface area contributed by atoms with Gasteiger partial charge in [-0.2, -0.15) is 0 Å². The number of nitrogens with two attached hydrogens (primary N) is 1. The lowest BCUT2D eigenvalue weighted by molar-refractivity contribution is 0.519. The van der Waals surface area contributed by atoms with E-state index in [9.17, 15) is 8.42 Å². The minimum absolute atomic E-state index is 0.178. The largest absolute Gasteiger partial charge is 0.449 e. The van der Waals surface area contributed by atoms with Gasteiger partial charge in [-0.05, 0) is 30.9 Å². The quantitative estimate of drug-likeness (QED) is 0.843. The highest BCUT2D eigenvalue weighted by Crippen LogP contribution is 2.33. The number of hydrogen-bond donors (Lipinski definition) is 2. The molecule has 3 rings (SSSR count). The van der Waals surface area contributed by atoms with Crippen LogP contribution in [0.1, 0.15) is 18.7 Å². The number of aromatic nitrogens is 1. The van der Waals surface area contributed by atoms with E-state index in [1.807, 2.05) is 0 Å². The van der Waals surface area contributed by atoms with E-state index in [1.54, 1.807) is 37.5 Å². The van der Waals surface area contributed by atoms with Gasteiger partial charge in [0.15, 0.2) is 5.89 Å². The van der Waals surface area contributed by atoms with Crippen molar-refractivity contribution in [1.82, 2.24) is 9.71 Å². The first-order chi connectivity index (χ1) is 10.5. The Hall–Kier alpha value is -1.70. The van der Waals surface area contributed by atoms with Crippen molar-refractivity contribution < 1.29 is 12.8 Å². The smallest absolute Gasteiger partial charge is 0.240 e. The van der Waals surface area contributed by atoms with Crippen LogP contribution in [-0.4, -0.2) is 26.0 Å². The molecule has 0 aliphatic heterocycles. The fourth-order valence-electron chi connectivity index (χ4n) is 2.40. The summed E-state index contributed by atoms with van der Waals surface area (Å²) in [5.41, 5.74) is 7.16. The molecular weight excluding hydrogens is 302 g/mol. The topological polar surface area (TPSA) is 98.2 Å². The van der Waals surface area contributed by atoms with Crippen LogP contribution in [0.15, 0.2) is 39.8 Å². The fourth-order valence-corrected chi connectivity index (χ4v) is 3.72. The van der Waals surface area contributed by atoms with Crippen LogP contribution < -0.4 is 10.5 Å². The van der Waals surface area contributed by atoms with Crippen molar-refractivity contribution in [3.8, 4) is 11.3 Å². The second-order valence-corrected chi connectivity index (χ2v) is 7.29. The Morgan fingerprint density at radius 1 is 1.36 bits per heavy atom. The maximum absolute atomic E-state index is 12.4. The molecule has 1 aliphatic carbocycles. The molecule has 0 spiro atoms. The third kappa shape index (κ3) is 3.21. The van der Waals surface area contributed by atoms with Gasteiger partial charge in [0.2, 0.25) is 10.0 Å². The second-order valence-electron chi connectivity index (χ2n) is 5.58. The number of hydrogen-bond acceptors (Lipinski definition) is 5. The van der Waals surface area contributed by atoms with E-state index >= 15 is 0 Å². The molecule has 0 bridgehead atoms. The van der Waals surface area contributed by atoms with Crippen LogP contribution in [0.5, 0.6) is 0 Å². The average molecular weight is 321 g/mol. The van der Waals surface area contributed by atoms with Gasteiger partial charge < -0.3 is 10.2 Å². The highest BCUT2D eigenvalue weighted by atomic mass is 32.2. The van der Waals surface area contributed by atoms with E-state index < -0.39 is 10.0 Å². The third-order valence-electron chi connectivity index (χ3n) is 3.83. The molecule has 1 aromatic carbocycles. The summed E-state index contributed by atoms with van der Waals surface area (Å²) in [5, 5.41) is 0. The molecule has 22 heavy (non-hydrogen) atoms. The SMILES string of the molecule is Cc1nc(-c2ccc(S(=O)(=O)N[C@@H](CN)C3CC3)cc2)co1. The highest BCUT2D eigenvalue weighted by Gasteiger charge is 2.33. The summed E-state index contributed by atoms with van der Waals surface area (Å²) in [6.45, 7) is 2.08. The lowest BCUT2D eigenvalue weighted by Gasteiger charge is -2.16. The van der Waals surface area contributed by atoms with Crippen LogP contribution in [0.2, 0.25) is 0 Å². The molecular formula is C15H19N3O3S. The normalized spacial score (nSPS) is 16.6. The summed E-state index contributed by atoms with van der Waals surface area (Å²) in [5.74, 6) is 0.945. The fraction of sp³-hybridized carbons (Fsp3) is 0.400. The molecule has 1 fully saturated rings. The van der Waals surface area contributed by atoms with E-state index in [0.717, 1.165) is 18.4 Å². The van der Waals surface area contributed by atoms with Crippen LogP contribution in [0.25, 0.3) is 11.3 Å². The van der Waals surface area contributed by atoms with Gasteiger partial charge in [-0.25, -0.2) is 18.1 Å². The molecule has 118 valence electrons. The monoisotopic (exact) mass is 321 g/mol. The first kappa shape index (κ1) is 15.2. The molecule has 1 atom stereocenters. The highest BCUT2D eigenvalue weighted by molar-refractivity contribution is 7.89. The maximum Gasteiger partial charge on any atom is 0.240 e. The minimum Gasteiger partial charge on any atom is -0.449 e. The number of oxazole rings is 1. The van der Waals surface area contributed by atoms with E-state index in [1.165, 1.54) is 0 Å². The Bertz CT molecular complexity index is 749. The molecule has 1 aromatic heterocycles. The zero-order chi connectivity index (χ0) is 15.7. The van der Waals surface area contributed by atoms with Crippen molar-refractivity contribution in [1.29, 1.82) is 0 Å². The van der Waals surface area contributed by atoms with Crippen molar-refractivity contribution in [2.45, 2.75) is 30.7 Å². The van der Waals surface area contributed by atoms with Gasteiger partial charge in [0.05, 0.1) is 4.90 Å². The Morgan fingerprint density at radius 2 is 2.05 bits per heavy atom. The molecule has 2 aromatic rings. The standard InChI is InChI=1S/C15H19N3O3S/c1-10-17-15(9-21-10)12-4-6-13(7-5-12)22(19,20)18-14(8-16)11-2-3-11/h4-7,9,11,14,18H,2-3,8,16H2,1H3/t14-/m0/s1. The second kappa shape index (κ2) is 5.83. The summed E-state index contributed by atoms with van der Waals surface area (Å²) < 4.78 is 32.6. The minimum atomic E-state index is -3.54. The zero-order valence-electron chi connectivity index (χ0n) is 12.3. The van der Waals surface area contributed by atoms with Crippen molar-refractivity contribution >= 4 is 10.0 Å². The van der Waals surface area contributed by atoms with Crippen LogP contribution in [0, 0.1) is 12.8 Å². The summed E-state index contributed by atoms with van der Waals surface area (Å²) >= 11 is 0. The third-order valence-corrected chi connectivity index (χ3v) is 5.34. The number of aryl methyl sites for hydroxylation is 1. The van der Waals surface area contributed by atoms with Crippen LogP contribution >= 0.6 is 0 Å². The first-order valence-corrected chi connectivity index (χ1v) is 8.73.